The summed E-state index contributed by atoms with van der Waals surface area (Å²) in [7, 11) is -2.38. The summed E-state index contributed by atoms with van der Waals surface area (Å²) in [6.45, 7) is -0.296. The second-order valence-corrected chi connectivity index (χ2v) is 6.14. The largest absolute Gasteiger partial charge is 0.389 e. The Morgan fingerprint density at radius 3 is 2.35 bits per heavy atom. The van der Waals surface area contributed by atoms with Gasteiger partial charge >= 0.3 is 0 Å². The summed E-state index contributed by atoms with van der Waals surface area (Å²) < 4.78 is 26.5. The van der Waals surface area contributed by atoms with E-state index < -0.39 is 22.2 Å². The average Bonchev–Trinajstić information content (AvgIpc) is 2.72. The van der Waals surface area contributed by atoms with Crippen LogP contribution in [0.4, 0.5) is 0 Å². The molecule has 1 aromatic rings. The van der Waals surface area contributed by atoms with Crippen LogP contribution in [0.1, 0.15) is 0 Å². The predicted octanol–water partition coefficient (Wildman–Crippen LogP) is -1.20. The van der Waals surface area contributed by atoms with Gasteiger partial charge in [-0.2, -0.15) is 9.40 Å². The molecule has 2 N–H and O–H groups in total. The highest BCUT2D eigenvalue weighted by Crippen LogP contribution is 2.26. The molecular weight excluding hydrogens is 270 g/mol. The molecule has 1 saturated heterocycles. The maximum atomic E-state index is 12.2. The lowest BCUT2D eigenvalue weighted by molar-refractivity contribution is 0.0572. The molecule has 96 valence electrons. The second kappa shape index (κ2) is 4.21. The van der Waals surface area contributed by atoms with E-state index in [4.69, 9.17) is 11.6 Å². The molecule has 0 bridgehead atoms. The zero-order chi connectivity index (χ0) is 12.8. The topological polar surface area (TPSA) is 95.7 Å². The van der Waals surface area contributed by atoms with Gasteiger partial charge in [-0.05, 0) is 0 Å². The third-order valence-corrected chi connectivity index (χ3v) is 4.99. The normalized spacial score (nSPS) is 26.6. The third kappa shape index (κ3) is 2.06. The zero-order valence-electron chi connectivity index (χ0n) is 8.99. The molecule has 0 unspecified atom stereocenters. The Kier molecular flexibility index (Phi) is 3.17. The van der Waals surface area contributed by atoms with Crippen LogP contribution < -0.4 is 0 Å². The molecule has 0 aromatic carbocycles. The van der Waals surface area contributed by atoms with Gasteiger partial charge in [-0.1, -0.05) is 11.6 Å². The van der Waals surface area contributed by atoms with E-state index in [1.54, 1.807) is 0 Å². The van der Waals surface area contributed by atoms with Crippen molar-refractivity contribution < 1.29 is 18.6 Å². The first-order chi connectivity index (χ1) is 7.84. The van der Waals surface area contributed by atoms with Crippen molar-refractivity contribution in [2.75, 3.05) is 13.1 Å². The minimum Gasteiger partial charge on any atom is -0.389 e. The number of hydrogen-bond donors (Lipinski definition) is 2. The first-order valence-electron chi connectivity index (χ1n) is 4.88. The number of hydrogen-bond acceptors (Lipinski definition) is 5. The molecule has 17 heavy (non-hydrogen) atoms. The van der Waals surface area contributed by atoms with Gasteiger partial charge in [0.05, 0.1) is 23.4 Å². The molecule has 1 aromatic heterocycles. The fourth-order valence-corrected chi connectivity index (χ4v) is 3.82. The maximum Gasteiger partial charge on any atom is 0.261 e. The molecule has 1 fully saturated rings. The van der Waals surface area contributed by atoms with E-state index in [0.29, 0.717) is 0 Å². The zero-order valence-corrected chi connectivity index (χ0v) is 10.6. The first kappa shape index (κ1) is 12.8. The molecule has 2 rings (SSSR count). The van der Waals surface area contributed by atoms with Crippen LogP contribution in [0, 0.1) is 0 Å². The fraction of sp³-hybridized carbons (Fsp3) is 0.625. The van der Waals surface area contributed by atoms with Crippen LogP contribution in [0.2, 0.25) is 5.02 Å². The minimum atomic E-state index is -3.84. The van der Waals surface area contributed by atoms with E-state index in [9.17, 15) is 18.6 Å². The summed E-state index contributed by atoms with van der Waals surface area (Å²) in [6.07, 6.45) is -0.911. The van der Waals surface area contributed by atoms with E-state index in [2.05, 4.69) is 5.10 Å². The molecular formula is C8H12ClN3O4S. The molecule has 7 nitrogen and oxygen atoms in total. The lowest BCUT2D eigenvalue weighted by Gasteiger charge is -2.15. The lowest BCUT2D eigenvalue weighted by atomic mass is 10.3. The van der Waals surface area contributed by atoms with Gasteiger partial charge in [-0.25, -0.2) is 8.42 Å². The Labute approximate surface area is 103 Å². The molecule has 0 spiro atoms. The van der Waals surface area contributed by atoms with Crippen LogP contribution in [-0.2, 0) is 17.1 Å². The van der Waals surface area contributed by atoms with Gasteiger partial charge in [-0.3, -0.25) is 4.68 Å². The van der Waals surface area contributed by atoms with E-state index in [1.807, 2.05) is 0 Å². The molecule has 0 amide bonds. The minimum absolute atomic E-state index is 0.0170. The Morgan fingerprint density at radius 1 is 1.41 bits per heavy atom. The van der Waals surface area contributed by atoms with Gasteiger partial charge in [0.15, 0.2) is 5.03 Å². The van der Waals surface area contributed by atoms with E-state index in [-0.39, 0.29) is 23.1 Å². The number of aromatic nitrogens is 2. The van der Waals surface area contributed by atoms with E-state index >= 15 is 0 Å². The Hall–Kier alpha value is -0.670. The van der Waals surface area contributed by atoms with Gasteiger partial charge in [0.25, 0.3) is 10.0 Å². The van der Waals surface area contributed by atoms with Gasteiger partial charge in [0, 0.05) is 20.1 Å². The summed E-state index contributed by atoms with van der Waals surface area (Å²) in [6, 6.07) is 0. The maximum absolute atomic E-state index is 12.2. The predicted molar refractivity (Wildman–Crippen MR) is 59.0 cm³/mol. The van der Waals surface area contributed by atoms with Gasteiger partial charge < -0.3 is 10.2 Å². The number of aliphatic hydroxyl groups excluding tert-OH is 2. The van der Waals surface area contributed by atoms with Crippen molar-refractivity contribution in [3.05, 3.63) is 11.2 Å². The lowest BCUT2D eigenvalue weighted by Crippen LogP contribution is -2.31. The van der Waals surface area contributed by atoms with Crippen molar-refractivity contribution in [2.24, 2.45) is 7.05 Å². The average molecular weight is 282 g/mol. The van der Waals surface area contributed by atoms with Crippen molar-refractivity contribution >= 4 is 21.6 Å². The molecule has 0 radical (unpaired) electrons. The number of β-amino-alcohol motifs (C(OH)–C–C–N with tert-alkyl or cyclic N) is 2. The Balaban J connectivity index is 2.39. The van der Waals surface area contributed by atoms with Crippen molar-refractivity contribution in [3.63, 3.8) is 0 Å². The number of halogens is 1. The SMILES string of the molecule is Cn1ncc(Cl)c1S(=O)(=O)N1C[C@@H](O)[C@@H](O)C1. The first-order valence-corrected chi connectivity index (χ1v) is 6.69. The highest BCUT2D eigenvalue weighted by atomic mass is 35.5. The van der Waals surface area contributed by atoms with Gasteiger partial charge in [0.2, 0.25) is 0 Å². The number of aliphatic hydroxyl groups is 2. The van der Waals surface area contributed by atoms with E-state index in [1.165, 1.54) is 13.2 Å². The highest BCUT2D eigenvalue weighted by Gasteiger charge is 2.39. The number of nitrogens with zero attached hydrogens (tertiary/aromatic N) is 3. The van der Waals surface area contributed by atoms with Crippen LogP contribution in [0.15, 0.2) is 11.2 Å². The smallest absolute Gasteiger partial charge is 0.261 e. The van der Waals surface area contributed by atoms with Crippen LogP contribution in [0.5, 0.6) is 0 Å². The molecule has 2 heterocycles. The number of aryl methyl sites for hydroxylation is 1. The fourth-order valence-electron chi connectivity index (χ4n) is 1.74. The van der Waals surface area contributed by atoms with Crippen LogP contribution in [-0.4, -0.2) is 58.0 Å². The van der Waals surface area contributed by atoms with Crippen molar-refractivity contribution in [2.45, 2.75) is 17.2 Å². The molecule has 2 atom stereocenters. The Morgan fingerprint density at radius 2 is 1.94 bits per heavy atom. The van der Waals surface area contributed by atoms with Crippen molar-refractivity contribution in [1.29, 1.82) is 0 Å². The second-order valence-electron chi connectivity index (χ2n) is 3.88. The van der Waals surface area contributed by atoms with Gasteiger partial charge in [-0.15, -0.1) is 0 Å². The molecule has 1 aliphatic heterocycles. The monoisotopic (exact) mass is 281 g/mol. The van der Waals surface area contributed by atoms with Crippen molar-refractivity contribution in [1.82, 2.24) is 14.1 Å². The summed E-state index contributed by atoms with van der Waals surface area (Å²) in [5, 5.41) is 22.3. The molecule has 9 heteroatoms. The van der Waals surface area contributed by atoms with Crippen LogP contribution in [0.3, 0.4) is 0 Å². The summed E-state index contributed by atoms with van der Waals surface area (Å²) in [5.41, 5.74) is 0. The van der Waals surface area contributed by atoms with Crippen LogP contribution >= 0.6 is 11.6 Å². The molecule has 0 aliphatic carbocycles. The summed E-state index contributed by atoms with van der Waals surface area (Å²) in [5.74, 6) is 0. The van der Waals surface area contributed by atoms with Crippen molar-refractivity contribution in [3.8, 4) is 0 Å². The van der Waals surface area contributed by atoms with Gasteiger partial charge in [0.1, 0.15) is 0 Å². The molecule has 0 saturated carbocycles. The highest BCUT2D eigenvalue weighted by molar-refractivity contribution is 7.89. The summed E-state index contributed by atoms with van der Waals surface area (Å²) >= 11 is 5.77. The standard InChI is InChI=1S/C8H12ClN3O4S/c1-11-8(5(9)2-10-11)17(15,16)12-3-6(13)7(14)4-12/h2,6-7,13-14H,3-4H2,1H3/t6-,7+. The summed E-state index contributed by atoms with van der Waals surface area (Å²) in [4.78, 5) is 0. The third-order valence-electron chi connectivity index (χ3n) is 2.65. The quantitative estimate of drug-likeness (QED) is 0.710. The van der Waals surface area contributed by atoms with E-state index in [0.717, 1.165) is 8.99 Å². The molecule has 1 aliphatic rings. The number of sulfonamides is 1. The number of rotatable bonds is 2. The van der Waals surface area contributed by atoms with Crippen LogP contribution in [0.25, 0.3) is 0 Å². The Bertz CT molecular complexity index is 499.